The van der Waals surface area contributed by atoms with E-state index in [9.17, 15) is 26.4 Å². The third-order valence-corrected chi connectivity index (χ3v) is 7.44. The smallest absolute Gasteiger partial charge is 0.416 e. The fourth-order valence-corrected chi connectivity index (χ4v) is 4.60. The molecule has 230 valence electrons. The van der Waals surface area contributed by atoms with Crippen LogP contribution in [0, 0.1) is 0 Å². The summed E-state index contributed by atoms with van der Waals surface area (Å²) >= 11 is 0. The second kappa shape index (κ2) is 14.4. The molecule has 1 unspecified atom stereocenters. The number of rotatable bonds is 10. The quantitative estimate of drug-likeness (QED) is 0.228. The van der Waals surface area contributed by atoms with E-state index in [1.807, 2.05) is 32.3 Å². The van der Waals surface area contributed by atoms with Crippen LogP contribution < -0.4 is 14.2 Å². The third-order valence-electron chi connectivity index (χ3n) is 6.57. The van der Waals surface area contributed by atoms with Gasteiger partial charge in [0.05, 0.1) is 42.9 Å². The van der Waals surface area contributed by atoms with Crippen molar-refractivity contribution in [1.82, 2.24) is 4.90 Å². The number of likely N-dealkylation sites (N-methyl/N-ethyl adjacent to an activating group) is 1. The van der Waals surface area contributed by atoms with Crippen LogP contribution in [0.4, 0.5) is 13.2 Å². The summed E-state index contributed by atoms with van der Waals surface area (Å²) in [6, 6.07) is 15.8. The van der Waals surface area contributed by atoms with Crippen molar-refractivity contribution in [2.45, 2.75) is 30.0 Å². The third kappa shape index (κ3) is 8.37. The first-order valence-corrected chi connectivity index (χ1v) is 13.9. The standard InChI is InChI=1S/C22H29NO5.C7H5F3O3S/c1-7-22(23(2)3,17-11-9-8-10-12-17)15-28-21(24)16-13-18(25-4)20(27-6)19(14-16)26-5;8-7(9,10)5-1-3-6(4-2-5)14(11,12)13/h8-14H,7,15H2,1-6H3;1-4H,(H,11,12,13). The number of hydrogen-bond acceptors (Lipinski definition) is 8. The topological polar surface area (TPSA) is 112 Å². The molecule has 1 N–H and O–H groups in total. The average molecular weight is 614 g/mol. The highest BCUT2D eigenvalue weighted by Gasteiger charge is 2.35. The van der Waals surface area contributed by atoms with E-state index in [0.717, 1.165) is 12.0 Å². The Bertz CT molecular complexity index is 1400. The minimum atomic E-state index is -4.52. The molecule has 3 aromatic rings. The monoisotopic (exact) mass is 613 g/mol. The molecule has 0 fully saturated rings. The number of esters is 1. The number of benzene rings is 3. The van der Waals surface area contributed by atoms with Gasteiger partial charge in [-0.15, -0.1) is 0 Å². The zero-order valence-electron chi connectivity index (χ0n) is 24.1. The SMILES string of the molecule is CCC(COC(=O)c1cc(OC)c(OC)c(OC)c1)(c1ccccc1)N(C)C.O=S(=O)(O)c1ccc(C(F)(F)F)cc1. The maximum atomic E-state index is 12.8. The van der Waals surface area contributed by atoms with E-state index in [2.05, 4.69) is 24.0 Å². The number of alkyl halides is 3. The summed E-state index contributed by atoms with van der Waals surface area (Å²) in [7, 11) is 4.09. The van der Waals surface area contributed by atoms with Crippen molar-refractivity contribution in [1.29, 1.82) is 0 Å². The molecular weight excluding hydrogens is 579 g/mol. The molecule has 0 aliphatic heterocycles. The van der Waals surface area contributed by atoms with Gasteiger partial charge >= 0.3 is 12.1 Å². The van der Waals surface area contributed by atoms with Gasteiger partial charge in [0.1, 0.15) is 6.61 Å². The molecule has 0 heterocycles. The van der Waals surface area contributed by atoms with E-state index in [1.54, 1.807) is 12.1 Å². The Labute approximate surface area is 243 Å². The van der Waals surface area contributed by atoms with Crippen LogP contribution in [-0.4, -0.2) is 65.9 Å². The van der Waals surface area contributed by atoms with Crippen LogP contribution in [0.5, 0.6) is 17.2 Å². The van der Waals surface area contributed by atoms with E-state index in [4.69, 9.17) is 23.5 Å². The molecule has 1 atom stereocenters. The molecule has 0 amide bonds. The summed E-state index contributed by atoms with van der Waals surface area (Å²) < 4.78 is 87.1. The highest BCUT2D eigenvalue weighted by Crippen LogP contribution is 2.39. The van der Waals surface area contributed by atoms with E-state index < -0.39 is 38.3 Å². The second-order valence-electron chi connectivity index (χ2n) is 9.13. The normalized spacial score (nSPS) is 12.9. The van der Waals surface area contributed by atoms with Crippen molar-refractivity contribution in [3.05, 3.63) is 83.4 Å². The highest BCUT2D eigenvalue weighted by atomic mass is 32.2. The Hall–Kier alpha value is -3.81. The Morgan fingerprint density at radius 1 is 0.857 bits per heavy atom. The molecule has 0 saturated heterocycles. The van der Waals surface area contributed by atoms with E-state index in [1.165, 1.54) is 21.3 Å². The predicted molar refractivity (Wildman–Crippen MR) is 150 cm³/mol. The summed E-state index contributed by atoms with van der Waals surface area (Å²) in [5.74, 6) is 0.800. The van der Waals surface area contributed by atoms with Gasteiger partial charge in [0.25, 0.3) is 10.1 Å². The van der Waals surface area contributed by atoms with Crippen molar-refractivity contribution in [2.75, 3.05) is 42.0 Å². The number of carbonyl (C=O) groups excluding carboxylic acids is 1. The Kier molecular flexibility index (Phi) is 11.8. The summed E-state index contributed by atoms with van der Waals surface area (Å²) in [4.78, 5) is 14.3. The first kappa shape index (κ1) is 34.4. The van der Waals surface area contributed by atoms with Crippen LogP contribution in [0.2, 0.25) is 0 Å². The largest absolute Gasteiger partial charge is 0.493 e. The molecule has 0 radical (unpaired) electrons. The molecule has 0 bridgehead atoms. The first-order chi connectivity index (χ1) is 19.6. The molecule has 3 rings (SSSR count). The van der Waals surface area contributed by atoms with Crippen molar-refractivity contribution in [3.63, 3.8) is 0 Å². The van der Waals surface area contributed by atoms with Gasteiger partial charge in [0.2, 0.25) is 5.75 Å². The number of hydrogen-bond donors (Lipinski definition) is 1. The van der Waals surface area contributed by atoms with Crippen LogP contribution in [0.1, 0.15) is 34.8 Å². The number of nitrogens with zero attached hydrogens (tertiary/aromatic N) is 1. The van der Waals surface area contributed by atoms with Gasteiger partial charge < -0.3 is 18.9 Å². The lowest BCUT2D eigenvalue weighted by Crippen LogP contribution is -2.45. The average Bonchev–Trinajstić information content (AvgIpc) is 2.96. The molecule has 0 saturated carbocycles. The maximum Gasteiger partial charge on any atom is 0.416 e. The van der Waals surface area contributed by atoms with Crippen LogP contribution in [-0.2, 0) is 26.6 Å². The van der Waals surface area contributed by atoms with Crippen molar-refractivity contribution in [2.24, 2.45) is 0 Å². The van der Waals surface area contributed by atoms with E-state index in [-0.39, 0.29) is 6.61 Å². The number of methoxy groups -OCH3 is 3. The lowest BCUT2D eigenvalue weighted by molar-refractivity contribution is -0.137. The first-order valence-electron chi connectivity index (χ1n) is 12.5. The van der Waals surface area contributed by atoms with Crippen molar-refractivity contribution >= 4 is 16.1 Å². The summed E-state index contributed by atoms with van der Waals surface area (Å²) in [6.45, 7) is 2.30. The zero-order chi connectivity index (χ0) is 31.7. The van der Waals surface area contributed by atoms with E-state index in [0.29, 0.717) is 47.1 Å². The minimum absolute atomic E-state index is 0.218. The molecule has 13 heteroatoms. The van der Waals surface area contributed by atoms with Crippen molar-refractivity contribution < 1.29 is 49.9 Å². The van der Waals surface area contributed by atoms with Gasteiger partial charge in [0.15, 0.2) is 11.5 Å². The number of ether oxygens (including phenoxy) is 4. The summed E-state index contributed by atoms with van der Waals surface area (Å²) in [5, 5.41) is 0. The predicted octanol–water partition coefficient (Wildman–Crippen LogP) is 5.69. The lowest BCUT2D eigenvalue weighted by atomic mass is 9.87. The second-order valence-corrected chi connectivity index (χ2v) is 10.6. The van der Waals surface area contributed by atoms with Gasteiger partial charge in [-0.05, 0) is 62.5 Å². The Morgan fingerprint density at radius 3 is 1.76 bits per heavy atom. The Morgan fingerprint density at radius 2 is 1.38 bits per heavy atom. The minimum Gasteiger partial charge on any atom is -0.493 e. The van der Waals surface area contributed by atoms with Gasteiger partial charge in [-0.3, -0.25) is 9.45 Å². The maximum absolute atomic E-state index is 12.8. The number of halogens is 3. The number of carbonyl (C=O) groups is 1. The van der Waals surface area contributed by atoms with Gasteiger partial charge in [-0.2, -0.15) is 21.6 Å². The molecule has 9 nitrogen and oxygen atoms in total. The van der Waals surface area contributed by atoms with Gasteiger partial charge in [-0.25, -0.2) is 4.79 Å². The Balaban J connectivity index is 0.000000369. The summed E-state index contributed by atoms with van der Waals surface area (Å²) in [6.07, 6.45) is -3.73. The fraction of sp³-hybridized carbons (Fsp3) is 0.345. The molecular formula is C29H34F3NO8S. The summed E-state index contributed by atoms with van der Waals surface area (Å²) in [5.41, 5.74) is 0.0498. The van der Waals surface area contributed by atoms with Crippen LogP contribution in [0.25, 0.3) is 0 Å². The van der Waals surface area contributed by atoms with Crippen LogP contribution >= 0.6 is 0 Å². The lowest BCUT2D eigenvalue weighted by Gasteiger charge is -2.39. The molecule has 42 heavy (non-hydrogen) atoms. The molecule has 0 aromatic heterocycles. The zero-order valence-corrected chi connectivity index (χ0v) is 24.9. The van der Waals surface area contributed by atoms with Crippen molar-refractivity contribution in [3.8, 4) is 17.2 Å². The molecule has 0 aliphatic carbocycles. The van der Waals surface area contributed by atoms with Crippen LogP contribution in [0.3, 0.4) is 0 Å². The fourth-order valence-electron chi connectivity index (χ4n) is 4.12. The van der Waals surface area contributed by atoms with Gasteiger partial charge in [0, 0.05) is 0 Å². The van der Waals surface area contributed by atoms with Gasteiger partial charge in [-0.1, -0.05) is 37.3 Å². The molecule has 0 aliphatic rings. The molecule has 0 spiro atoms. The van der Waals surface area contributed by atoms with Crippen LogP contribution in [0.15, 0.2) is 71.6 Å². The van der Waals surface area contributed by atoms with E-state index >= 15 is 0 Å². The highest BCUT2D eigenvalue weighted by molar-refractivity contribution is 7.85. The molecule has 3 aromatic carbocycles.